The van der Waals surface area contributed by atoms with Gasteiger partial charge in [-0.1, -0.05) is 12.2 Å². The highest BCUT2D eigenvalue weighted by atomic mass is 32.1. The van der Waals surface area contributed by atoms with Crippen molar-refractivity contribution in [2.45, 2.75) is 6.42 Å². The molecule has 2 nitrogen and oxygen atoms in total. The number of pyridine rings is 1. The number of thiol groups is 1. The predicted molar refractivity (Wildman–Crippen MR) is 68.4 cm³/mol. The summed E-state index contributed by atoms with van der Waals surface area (Å²) in [4.78, 5) is 6.26. The fourth-order valence-corrected chi connectivity index (χ4v) is 1.48. The first-order chi connectivity index (χ1) is 7.22. The van der Waals surface area contributed by atoms with Gasteiger partial charge in [0, 0.05) is 31.2 Å². The van der Waals surface area contributed by atoms with E-state index in [4.69, 9.17) is 0 Å². The molecule has 0 saturated heterocycles. The molecule has 1 heterocycles. The molecule has 3 heteroatoms. The Labute approximate surface area is 97.4 Å². The highest BCUT2D eigenvalue weighted by Crippen LogP contribution is 2.01. The van der Waals surface area contributed by atoms with E-state index in [0.717, 1.165) is 30.8 Å². The molecule has 0 N–H and O–H groups in total. The highest BCUT2D eigenvalue weighted by Gasteiger charge is 2.00. The lowest BCUT2D eigenvalue weighted by Crippen LogP contribution is -2.23. The van der Waals surface area contributed by atoms with Crippen molar-refractivity contribution in [3.05, 3.63) is 42.2 Å². The number of nitrogens with zero attached hydrogens (tertiary/aromatic N) is 2. The molecule has 1 aromatic heterocycles. The zero-order valence-corrected chi connectivity index (χ0v) is 10.1. The van der Waals surface area contributed by atoms with Crippen molar-refractivity contribution in [1.29, 1.82) is 0 Å². The average molecular weight is 222 g/mol. The first-order valence-electron chi connectivity index (χ1n) is 5.07. The van der Waals surface area contributed by atoms with Gasteiger partial charge >= 0.3 is 0 Å². The van der Waals surface area contributed by atoms with Crippen molar-refractivity contribution < 1.29 is 0 Å². The summed E-state index contributed by atoms with van der Waals surface area (Å²) < 4.78 is 0. The van der Waals surface area contributed by atoms with Crippen LogP contribution in [-0.2, 0) is 6.42 Å². The molecule has 0 saturated carbocycles. The van der Waals surface area contributed by atoms with Gasteiger partial charge < -0.3 is 4.90 Å². The summed E-state index contributed by atoms with van der Waals surface area (Å²) in [5, 5.41) is 0. The van der Waals surface area contributed by atoms with E-state index in [-0.39, 0.29) is 0 Å². The maximum Gasteiger partial charge on any atom is 0.0270 e. The molecule has 0 radical (unpaired) electrons. The number of hydrogen-bond donors (Lipinski definition) is 1. The SMILES string of the molecule is C=C(CS)CN(C)CCc1ccncc1. The van der Waals surface area contributed by atoms with Gasteiger partial charge in [0.2, 0.25) is 0 Å². The molecular weight excluding hydrogens is 204 g/mol. The van der Waals surface area contributed by atoms with Crippen molar-refractivity contribution >= 4 is 12.6 Å². The summed E-state index contributed by atoms with van der Waals surface area (Å²) in [5.74, 6) is 0.763. The first-order valence-corrected chi connectivity index (χ1v) is 5.70. The van der Waals surface area contributed by atoms with Crippen LogP contribution in [0.25, 0.3) is 0 Å². The Morgan fingerprint density at radius 3 is 2.73 bits per heavy atom. The molecule has 1 aromatic rings. The van der Waals surface area contributed by atoms with Gasteiger partial charge in [-0.25, -0.2) is 0 Å². The smallest absolute Gasteiger partial charge is 0.0270 e. The van der Waals surface area contributed by atoms with E-state index in [9.17, 15) is 0 Å². The van der Waals surface area contributed by atoms with Gasteiger partial charge in [-0.15, -0.1) is 0 Å². The zero-order chi connectivity index (χ0) is 11.1. The second-order valence-electron chi connectivity index (χ2n) is 3.75. The standard InChI is InChI=1S/C12H18N2S/c1-11(10-15)9-14(2)8-5-12-3-6-13-7-4-12/h3-4,6-7,15H,1,5,8-10H2,2H3. The molecule has 0 unspecified atom stereocenters. The Bertz CT molecular complexity index is 298. The quantitative estimate of drug-likeness (QED) is 0.586. The van der Waals surface area contributed by atoms with Crippen molar-refractivity contribution in [2.75, 3.05) is 25.9 Å². The lowest BCUT2D eigenvalue weighted by atomic mass is 10.2. The van der Waals surface area contributed by atoms with Crippen molar-refractivity contribution in [2.24, 2.45) is 0 Å². The van der Waals surface area contributed by atoms with E-state index < -0.39 is 0 Å². The molecule has 15 heavy (non-hydrogen) atoms. The van der Waals surface area contributed by atoms with E-state index in [0.29, 0.717) is 0 Å². The molecule has 0 atom stereocenters. The van der Waals surface area contributed by atoms with Gasteiger partial charge in [-0.05, 0) is 31.2 Å². The average Bonchev–Trinajstić information content (AvgIpc) is 2.27. The fraction of sp³-hybridized carbons (Fsp3) is 0.417. The van der Waals surface area contributed by atoms with Crippen LogP contribution in [0.3, 0.4) is 0 Å². The third-order valence-electron chi connectivity index (χ3n) is 2.25. The molecule has 0 amide bonds. The summed E-state index contributed by atoms with van der Waals surface area (Å²) >= 11 is 4.19. The molecule has 0 aliphatic carbocycles. The van der Waals surface area contributed by atoms with E-state index in [1.165, 1.54) is 5.56 Å². The number of rotatable bonds is 6. The first kappa shape index (κ1) is 12.3. The third kappa shape index (κ3) is 5.00. The molecular formula is C12H18N2S. The van der Waals surface area contributed by atoms with Gasteiger partial charge in [-0.3, -0.25) is 4.98 Å². The Kier molecular flexibility index (Phi) is 5.43. The van der Waals surface area contributed by atoms with E-state index in [1.807, 2.05) is 12.4 Å². The van der Waals surface area contributed by atoms with Crippen LogP contribution in [0.1, 0.15) is 5.56 Å². The van der Waals surface area contributed by atoms with Crippen LogP contribution in [-0.4, -0.2) is 35.8 Å². The second-order valence-corrected chi connectivity index (χ2v) is 4.07. The topological polar surface area (TPSA) is 16.1 Å². The minimum atomic E-state index is 0.763. The lowest BCUT2D eigenvalue weighted by Gasteiger charge is -2.17. The van der Waals surface area contributed by atoms with Crippen LogP contribution in [0.4, 0.5) is 0 Å². The maximum absolute atomic E-state index is 4.19. The minimum absolute atomic E-state index is 0.763. The molecule has 0 aromatic carbocycles. The van der Waals surface area contributed by atoms with Crippen LogP contribution in [0.2, 0.25) is 0 Å². The van der Waals surface area contributed by atoms with E-state index in [2.05, 4.69) is 48.3 Å². The predicted octanol–water partition coefficient (Wildman–Crippen LogP) is 2.04. The molecule has 82 valence electrons. The van der Waals surface area contributed by atoms with Crippen LogP contribution in [0.5, 0.6) is 0 Å². The summed E-state index contributed by atoms with van der Waals surface area (Å²) in [7, 11) is 2.11. The van der Waals surface area contributed by atoms with Crippen molar-refractivity contribution in [1.82, 2.24) is 9.88 Å². The highest BCUT2D eigenvalue weighted by molar-refractivity contribution is 7.80. The monoisotopic (exact) mass is 222 g/mol. The number of likely N-dealkylation sites (N-methyl/N-ethyl adjacent to an activating group) is 1. The molecule has 0 spiro atoms. The van der Waals surface area contributed by atoms with Gasteiger partial charge in [0.25, 0.3) is 0 Å². The van der Waals surface area contributed by atoms with Gasteiger partial charge in [0.05, 0.1) is 0 Å². The Balaban J connectivity index is 2.28. The molecule has 1 rings (SSSR count). The normalized spacial score (nSPS) is 10.6. The van der Waals surface area contributed by atoms with E-state index >= 15 is 0 Å². The van der Waals surface area contributed by atoms with Gasteiger partial charge in [-0.2, -0.15) is 12.6 Å². The zero-order valence-electron chi connectivity index (χ0n) is 9.19. The van der Waals surface area contributed by atoms with Crippen LogP contribution >= 0.6 is 12.6 Å². The molecule has 0 aliphatic rings. The van der Waals surface area contributed by atoms with Crippen molar-refractivity contribution in [3.63, 3.8) is 0 Å². The number of hydrogen-bond acceptors (Lipinski definition) is 3. The minimum Gasteiger partial charge on any atom is -0.302 e. The van der Waals surface area contributed by atoms with Crippen LogP contribution < -0.4 is 0 Å². The van der Waals surface area contributed by atoms with E-state index in [1.54, 1.807) is 0 Å². The van der Waals surface area contributed by atoms with Gasteiger partial charge in [0.15, 0.2) is 0 Å². The summed E-state index contributed by atoms with van der Waals surface area (Å²) in [6, 6.07) is 4.11. The lowest BCUT2D eigenvalue weighted by molar-refractivity contribution is 0.368. The largest absolute Gasteiger partial charge is 0.302 e. The van der Waals surface area contributed by atoms with Gasteiger partial charge in [0.1, 0.15) is 0 Å². The summed E-state index contributed by atoms with van der Waals surface area (Å²) in [6.07, 6.45) is 4.73. The third-order valence-corrected chi connectivity index (χ3v) is 2.70. The second kappa shape index (κ2) is 6.64. The molecule has 0 aliphatic heterocycles. The summed E-state index contributed by atoms with van der Waals surface area (Å²) in [6.45, 7) is 5.90. The number of aromatic nitrogens is 1. The molecule has 0 bridgehead atoms. The maximum atomic E-state index is 4.19. The molecule has 0 fully saturated rings. The van der Waals surface area contributed by atoms with Crippen LogP contribution in [0.15, 0.2) is 36.7 Å². The Hall–Kier alpha value is -0.800. The summed E-state index contributed by atoms with van der Waals surface area (Å²) in [5.41, 5.74) is 2.49. The Morgan fingerprint density at radius 1 is 1.47 bits per heavy atom. The fourth-order valence-electron chi connectivity index (χ4n) is 1.38. The van der Waals surface area contributed by atoms with Crippen molar-refractivity contribution in [3.8, 4) is 0 Å². The Morgan fingerprint density at radius 2 is 2.13 bits per heavy atom. The van der Waals surface area contributed by atoms with Crippen LogP contribution in [0, 0.1) is 0 Å².